The summed E-state index contributed by atoms with van der Waals surface area (Å²) in [7, 11) is -1.69. The van der Waals surface area contributed by atoms with Gasteiger partial charge in [-0.2, -0.15) is 0 Å². The zero-order valence-electron chi connectivity index (χ0n) is 11.7. The van der Waals surface area contributed by atoms with Gasteiger partial charge in [-0.15, -0.1) is 0 Å². The smallest absolute Gasteiger partial charge is 0.154 e. The molecular formula is C14H20FNO3S. The molecule has 0 radical (unpaired) electrons. The first-order valence-corrected chi connectivity index (χ1v) is 8.30. The van der Waals surface area contributed by atoms with Crippen molar-refractivity contribution in [2.75, 3.05) is 26.0 Å². The molecule has 1 aromatic rings. The number of rotatable bonds is 6. The van der Waals surface area contributed by atoms with E-state index in [1.54, 1.807) is 19.1 Å². The van der Waals surface area contributed by atoms with E-state index >= 15 is 0 Å². The van der Waals surface area contributed by atoms with Crippen LogP contribution in [-0.2, 0) is 14.6 Å². The Morgan fingerprint density at radius 2 is 1.95 bits per heavy atom. The monoisotopic (exact) mass is 301 g/mol. The minimum Gasteiger partial charge on any atom is -0.384 e. The van der Waals surface area contributed by atoms with Crippen LogP contribution in [0.25, 0.3) is 0 Å². The second-order valence-corrected chi connectivity index (χ2v) is 7.68. The number of benzene rings is 1. The summed E-state index contributed by atoms with van der Waals surface area (Å²) in [5.74, 6) is -0.492. The third kappa shape index (κ3) is 2.36. The summed E-state index contributed by atoms with van der Waals surface area (Å²) in [4.78, 5) is 0. The van der Waals surface area contributed by atoms with Crippen molar-refractivity contribution in [3.63, 3.8) is 0 Å². The van der Waals surface area contributed by atoms with Crippen LogP contribution < -0.4 is 5.73 Å². The number of sulfone groups is 1. The van der Waals surface area contributed by atoms with Gasteiger partial charge in [-0.05, 0) is 17.7 Å². The highest BCUT2D eigenvalue weighted by Crippen LogP contribution is 2.62. The van der Waals surface area contributed by atoms with Crippen molar-refractivity contribution in [3.05, 3.63) is 35.6 Å². The van der Waals surface area contributed by atoms with Gasteiger partial charge in [0, 0.05) is 30.7 Å². The van der Waals surface area contributed by atoms with Gasteiger partial charge in [0.05, 0.1) is 11.9 Å². The first-order chi connectivity index (χ1) is 9.43. The standard InChI is InChI=1S/C14H20FNO3S/c1-3-20(17,18)13-12(14(13,8-16)9-19-2)10-4-6-11(15)7-5-10/h4-7,12-13H,3,8-9,16H2,1-2H3/t12-,13+,14-/m0/s1. The lowest BCUT2D eigenvalue weighted by molar-refractivity contribution is 0.142. The molecule has 1 aliphatic rings. The lowest BCUT2D eigenvalue weighted by Gasteiger charge is -2.14. The number of nitrogens with two attached hydrogens (primary N) is 1. The Morgan fingerprint density at radius 3 is 2.40 bits per heavy atom. The molecule has 0 aliphatic heterocycles. The van der Waals surface area contributed by atoms with Crippen molar-refractivity contribution in [2.24, 2.45) is 11.1 Å². The fraction of sp³-hybridized carbons (Fsp3) is 0.571. The number of ether oxygens (including phenoxy) is 1. The molecule has 0 heterocycles. The fourth-order valence-corrected chi connectivity index (χ4v) is 5.27. The molecule has 0 spiro atoms. The van der Waals surface area contributed by atoms with E-state index in [1.165, 1.54) is 19.2 Å². The molecule has 1 saturated carbocycles. The molecule has 1 aliphatic carbocycles. The van der Waals surface area contributed by atoms with E-state index in [9.17, 15) is 12.8 Å². The maximum absolute atomic E-state index is 13.0. The van der Waals surface area contributed by atoms with Gasteiger partial charge in [-0.3, -0.25) is 0 Å². The Balaban J connectivity index is 2.42. The first-order valence-electron chi connectivity index (χ1n) is 6.59. The van der Waals surface area contributed by atoms with Crippen LogP contribution in [0.5, 0.6) is 0 Å². The van der Waals surface area contributed by atoms with Crippen molar-refractivity contribution in [3.8, 4) is 0 Å². The molecule has 112 valence electrons. The topological polar surface area (TPSA) is 69.4 Å². The molecule has 3 atom stereocenters. The third-order valence-corrected chi connectivity index (χ3v) is 6.51. The van der Waals surface area contributed by atoms with Crippen LogP contribution in [0.3, 0.4) is 0 Å². The molecule has 6 heteroatoms. The largest absolute Gasteiger partial charge is 0.384 e. The van der Waals surface area contributed by atoms with Crippen LogP contribution in [0.15, 0.2) is 24.3 Å². The molecule has 1 fully saturated rings. The van der Waals surface area contributed by atoms with E-state index < -0.39 is 20.5 Å². The molecule has 2 rings (SSSR count). The zero-order chi connectivity index (χ0) is 15.0. The summed E-state index contributed by atoms with van der Waals surface area (Å²) in [6.07, 6.45) is 0. The Bertz CT molecular complexity index is 573. The normalized spacial score (nSPS) is 29.4. The van der Waals surface area contributed by atoms with E-state index in [1.807, 2.05) is 0 Å². The van der Waals surface area contributed by atoms with Crippen molar-refractivity contribution < 1.29 is 17.5 Å². The molecule has 2 N–H and O–H groups in total. The number of hydrogen-bond acceptors (Lipinski definition) is 4. The molecule has 0 bridgehead atoms. The van der Waals surface area contributed by atoms with Crippen molar-refractivity contribution in [1.82, 2.24) is 0 Å². The fourth-order valence-electron chi connectivity index (χ4n) is 3.12. The van der Waals surface area contributed by atoms with E-state index in [0.29, 0.717) is 0 Å². The lowest BCUT2D eigenvalue weighted by Crippen LogP contribution is -2.28. The van der Waals surface area contributed by atoms with Crippen LogP contribution in [0.4, 0.5) is 4.39 Å². The summed E-state index contributed by atoms with van der Waals surface area (Å²) >= 11 is 0. The van der Waals surface area contributed by atoms with Gasteiger partial charge in [-0.25, -0.2) is 12.8 Å². The summed E-state index contributed by atoms with van der Waals surface area (Å²) in [6, 6.07) is 5.95. The quantitative estimate of drug-likeness (QED) is 0.860. The van der Waals surface area contributed by atoms with Crippen LogP contribution in [-0.4, -0.2) is 39.7 Å². The predicted octanol–water partition coefficient (Wildman–Crippen LogP) is 1.32. The van der Waals surface area contributed by atoms with E-state index in [2.05, 4.69) is 0 Å². The summed E-state index contributed by atoms with van der Waals surface area (Å²) in [5.41, 5.74) is 6.04. The second kappa shape index (κ2) is 5.42. The van der Waals surface area contributed by atoms with Gasteiger partial charge in [0.15, 0.2) is 9.84 Å². The van der Waals surface area contributed by atoms with E-state index in [-0.39, 0.29) is 30.6 Å². The van der Waals surface area contributed by atoms with Gasteiger partial charge >= 0.3 is 0 Å². The van der Waals surface area contributed by atoms with Gasteiger partial charge < -0.3 is 10.5 Å². The third-order valence-electron chi connectivity index (χ3n) is 4.19. The molecule has 20 heavy (non-hydrogen) atoms. The Morgan fingerprint density at radius 1 is 1.35 bits per heavy atom. The van der Waals surface area contributed by atoms with Crippen LogP contribution in [0.1, 0.15) is 18.4 Å². The predicted molar refractivity (Wildman–Crippen MR) is 75.8 cm³/mol. The summed E-state index contributed by atoms with van der Waals surface area (Å²) in [6.45, 7) is 2.14. The average Bonchev–Trinajstić information content (AvgIpc) is 3.10. The lowest BCUT2D eigenvalue weighted by atomic mass is 10.00. The molecule has 4 nitrogen and oxygen atoms in total. The van der Waals surface area contributed by atoms with Crippen molar-refractivity contribution in [1.29, 1.82) is 0 Å². The number of hydrogen-bond donors (Lipinski definition) is 1. The molecule has 0 aromatic heterocycles. The average molecular weight is 301 g/mol. The van der Waals surface area contributed by atoms with Crippen LogP contribution in [0.2, 0.25) is 0 Å². The Labute approximate surface area is 119 Å². The number of methoxy groups -OCH3 is 1. The first kappa shape index (κ1) is 15.4. The molecule has 0 amide bonds. The highest BCUT2D eigenvalue weighted by Gasteiger charge is 2.69. The zero-order valence-corrected chi connectivity index (χ0v) is 12.5. The highest BCUT2D eigenvalue weighted by molar-refractivity contribution is 7.92. The molecule has 0 unspecified atom stereocenters. The maximum atomic E-state index is 13.0. The Kier molecular flexibility index (Phi) is 4.18. The summed E-state index contributed by atoms with van der Waals surface area (Å²) in [5, 5.41) is -0.546. The molecular weight excluding hydrogens is 281 g/mol. The Hall–Kier alpha value is -0.980. The maximum Gasteiger partial charge on any atom is 0.154 e. The van der Waals surface area contributed by atoms with Gasteiger partial charge in [-0.1, -0.05) is 19.1 Å². The molecule has 1 aromatic carbocycles. The highest BCUT2D eigenvalue weighted by atomic mass is 32.2. The van der Waals surface area contributed by atoms with E-state index in [0.717, 1.165) is 5.56 Å². The van der Waals surface area contributed by atoms with Gasteiger partial charge in [0.1, 0.15) is 5.82 Å². The van der Waals surface area contributed by atoms with Gasteiger partial charge in [0.25, 0.3) is 0 Å². The second-order valence-electron chi connectivity index (χ2n) is 5.27. The summed E-state index contributed by atoms with van der Waals surface area (Å²) < 4.78 is 42.8. The van der Waals surface area contributed by atoms with Crippen LogP contribution in [0, 0.1) is 11.2 Å². The minimum atomic E-state index is -3.23. The van der Waals surface area contributed by atoms with Crippen molar-refractivity contribution >= 4 is 9.84 Å². The molecule has 0 saturated heterocycles. The minimum absolute atomic E-state index is 0.0703. The van der Waals surface area contributed by atoms with Gasteiger partial charge in [0.2, 0.25) is 0 Å². The van der Waals surface area contributed by atoms with Crippen LogP contribution >= 0.6 is 0 Å². The SMILES string of the molecule is CCS(=O)(=O)[C@@H]1[C@H](c2ccc(F)cc2)[C@]1(CN)COC. The number of halogens is 1. The van der Waals surface area contributed by atoms with Crippen molar-refractivity contribution in [2.45, 2.75) is 18.1 Å². The van der Waals surface area contributed by atoms with E-state index in [4.69, 9.17) is 10.5 Å².